The van der Waals surface area contributed by atoms with Crippen LogP contribution in [0.1, 0.15) is 0 Å². The fourth-order valence-electron chi connectivity index (χ4n) is 1.24. The number of nitrogens with one attached hydrogen (secondary N) is 1. The summed E-state index contributed by atoms with van der Waals surface area (Å²) in [6.07, 6.45) is 0. The van der Waals surface area contributed by atoms with E-state index in [4.69, 9.17) is 19.7 Å². The van der Waals surface area contributed by atoms with E-state index in [0.29, 0.717) is 11.5 Å². The Morgan fingerprint density at radius 3 is 2.28 bits per heavy atom. The van der Waals surface area contributed by atoms with Crippen LogP contribution < -0.4 is 14.8 Å². The first kappa shape index (κ1) is 14.3. The molecule has 0 aliphatic carbocycles. The molecular formula is C12H17NO5. The molecule has 0 spiro atoms. The summed E-state index contributed by atoms with van der Waals surface area (Å²) >= 11 is 0. The predicted octanol–water partition coefficient (Wildman–Crippen LogP) is -0.457. The first-order valence-electron chi connectivity index (χ1n) is 5.47. The van der Waals surface area contributed by atoms with Crippen LogP contribution in [-0.2, 0) is 4.79 Å². The van der Waals surface area contributed by atoms with Gasteiger partial charge in [-0.15, -0.1) is 0 Å². The molecule has 6 heteroatoms. The summed E-state index contributed by atoms with van der Waals surface area (Å²) in [6, 6.07) is 6.15. The van der Waals surface area contributed by atoms with Crippen molar-refractivity contribution >= 4 is 5.91 Å². The summed E-state index contributed by atoms with van der Waals surface area (Å²) < 4.78 is 10.2. The lowest BCUT2D eigenvalue weighted by Crippen LogP contribution is -2.42. The van der Waals surface area contributed by atoms with E-state index >= 15 is 0 Å². The minimum atomic E-state index is -0.656. The van der Waals surface area contributed by atoms with E-state index in [2.05, 4.69) is 5.32 Å². The highest BCUT2D eigenvalue weighted by atomic mass is 16.5. The van der Waals surface area contributed by atoms with E-state index in [1.165, 1.54) is 0 Å². The molecule has 3 N–H and O–H groups in total. The molecule has 0 fully saturated rings. The molecule has 0 aliphatic rings. The minimum absolute atomic E-state index is 0.178. The Morgan fingerprint density at radius 2 is 1.78 bits per heavy atom. The molecule has 0 aliphatic heterocycles. The van der Waals surface area contributed by atoms with Crippen LogP contribution in [0.2, 0.25) is 0 Å². The van der Waals surface area contributed by atoms with E-state index in [9.17, 15) is 4.79 Å². The molecule has 0 aromatic heterocycles. The van der Waals surface area contributed by atoms with E-state index in [0.717, 1.165) is 0 Å². The van der Waals surface area contributed by atoms with Gasteiger partial charge in [-0.1, -0.05) is 0 Å². The van der Waals surface area contributed by atoms with Gasteiger partial charge >= 0.3 is 0 Å². The number of benzene rings is 1. The van der Waals surface area contributed by atoms with Gasteiger partial charge in [0.25, 0.3) is 5.91 Å². The van der Waals surface area contributed by atoms with Gasteiger partial charge in [-0.25, -0.2) is 0 Å². The first-order valence-corrected chi connectivity index (χ1v) is 5.47. The normalized spacial score (nSPS) is 10.2. The molecule has 18 heavy (non-hydrogen) atoms. The molecule has 0 saturated heterocycles. The molecule has 1 rings (SSSR count). The van der Waals surface area contributed by atoms with Gasteiger partial charge in [-0.05, 0) is 24.3 Å². The number of carbonyl (C=O) groups is 1. The molecule has 0 radical (unpaired) electrons. The number of hydrogen-bond donors (Lipinski definition) is 3. The van der Waals surface area contributed by atoms with Crippen molar-refractivity contribution in [3.63, 3.8) is 0 Å². The van der Waals surface area contributed by atoms with E-state index in [-0.39, 0.29) is 19.8 Å². The fourth-order valence-corrected chi connectivity index (χ4v) is 1.24. The standard InChI is InChI=1S/C12H17NO5/c1-17-10-2-4-11(5-3-10)18-8-12(16)13-9(6-14)7-15/h2-5,9,14-15H,6-8H2,1H3,(H,13,16). The minimum Gasteiger partial charge on any atom is -0.497 e. The van der Waals surface area contributed by atoms with Crippen LogP contribution in [0.5, 0.6) is 11.5 Å². The first-order chi connectivity index (χ1) is 8.69. The van der Waals surface area contributed by atoms with Gasteiger partial charge in [0.15, 0.2) is 6.61 Å². The third-order valence-electron chi connectivity index (χ3n) is 2.24. The van der Waals surface area contributed by atoms with Crippen molar-refractivity contribution in [1.82, 2.24) is 5.32 Å². The molecule has 1 aromatic carbocycles. The SMILES string of the molecule is COc1ccc(OCC(=O)NC(CO)CO)cc1. The largest absolute Gasteiger partial charge is 0.497 e. The van der Waals surface area contributed by atoms with Crippen molar-refractivity contribution in [2.75, 3.05) is 26.9 Å². The van der Waals surface area contributed by atoms with Gasteiger partial charge < -0.3 is 25.0 Å². The van der Waals surface area contributed by atoms with Crippen molar-refractivity contribution < 1.29 is 24.5 Å². The summed E-state index contributed by atoms with van der Waals surface area (Å²) in [7, 11) is 1.56. The van der Waals surface area contributed by atoms with Gasteiger partial charge in [0.2, 0.25) is 0 Å². The monoisotopic (exact) mass is 255 g/mol. The number of amides is 1. The van der Waals surface area contributed by atoms with Crippen molar-refractivity contribution in [2.45, 2.75) is 6.04 Å². The third kappa shape index (κ3) is 4.60. The van der Waals surface area contributed by atoms with Crippen LogP contribution in [0, 0.1) is 0 Å². The van der Waals surface area contributed by atoms with E-state index in [1.54, 1.807) is 31.4 Å². The van der Waals surface area contributed by atoms with Crippen LogP contribution in [0.4, 0.5) is 0 Å². The van der Waals surface area contributed by atoms with Crippen molar-refractivity contribution in [2.24, 2.45) is 0 Å². The molecule has 6 nitrogen and oxygen atoms in total. The van der Waals surface area contributed by atoms with Gasteiger partial charge in [0, 0.05) is 0 Å². The van der Waals surface area contributed by atoms with Crippen LogP contribution in [-0.4, -0.2) is 49.1 Å². The second kappa shape index (κ2) is 7.52. The molecule has 0 unspecified atom stereocenters. The summed E-state index contributed by atoms with van der Waals surface area (Å²) in [5.74, 6) is 0.835. The second-order valence-corrected chi connectivity index (χ2v) is 3.59. The van der Waals surface area contributed by atoms with Gasteiger partial charge in [-0.3, -0.25) is 4.79 Å². The zero-order chi connectivity index (χ0) is 13.4. The van der Waals surface area contributed by atoms with E-state index < -0.39 is 11.9 Å². The van der Waals surface area contributed by atoms with Crippen molar-refractivity contribution in [3.05, 3.63) is 24.3 Å². The molecule has 1 aromatic rings. The number of aliphatic hydroxyl groups is 2. The third-order valence-corrected chi connectivity index (χ3v) is 2.24. The summed E-state index contributed by atoms with van der Waals surface area (Å²) in [6.45, 7) is -0.807. The van der Waals surface area contributed by atoms with Crippen LogP contribution in [0.25, 0.3) is 0 Å². The van der Waals surface area contributed by atoms with Crippen molar-refractivity contribution in [1.29, 1.82) is 0 Å². The molecule has 0 saturated carbocycles. The van der Waals surface area contributed by atoms with Crippen LogP contribution in [0.3, 0.4) is 0 Å². The lowest BCUT2D eigenvalue weighted by molar-refractivity contribution is -0.124. The number of ether oxygens (including phenoxy) is 2. The summed E-state index contributed by atoms with van der Waals surface area (Å²) in [5.41, 5.74) is 0. The number of hydrogen-bond acceptors (Lipinski definition) is 5. The lowest BCUT2D eigenvalue weighted by Gasteiger charge is -2.13. The van der Waals surface area contributed by atoms with Gasteiger partial charge in [0.1, 0.15) is 11.5 Å². The lowest BCUT2D eigenvalue weighted by atomic mass is 10.3. The fraction of sp³-hybridized carbons (Fsp3) is 0.417. The zero-order valence-corrected chi connectivity index (χ0v) is 10.1. The maximum absolute atomic E-state index is 11.4. The number of rotatable bonds is 7. The average molecular weight is 255 g/mol. The Balaban J connectivity index is 2.37. The maximum Gasteiger partial charge on any atom is 0.258 e. The average Bonchev–Trinajstić information content (AvgIpc) is 2.43. The van der Waals surface area contributed by atoms with Gasteiger partial charge in [0.05, 0.1) is 26.4 Å². The second-order valence-electron chi connectivity index (χ2n) is 3.59. The molecule has 1 amide bonds. The Kier molecular flexibility index (Phi) is 5.96. The molecule has 0 heterocycles. The van der Waals surface area contributed by atoms with Crippen molar-refractivity contribution in [3.8, 4) is 11.5 Å². The maximum atomic E-state index is 11.4. The highest BCUT2D eigenvalue weighted by molar-refractivity contribution is 5.77. The Labute approximate surface area is 105 Å². The van der Waals surface area contributed by atoms with E-state index in [1.807, 2.05) is 0 Å². The topological polar surface area (TPSA) is 88.0 Å². The highest BCUT2D eigenvalue weighted by Crippen LogP contribution is 2.16. The smallest absolute Gasteiger partial charge is 0.258 e. The summed E-state index contributed by atoms with van der Waals surface area (Å²) in [5, 5.41) is 20.0. The predicted molar refractivity (Wildman–Crippen MR) is 64.6 cm³/mol. The number of carbonyl (C=O) groups excluding carboxylic acids is 1. The van der Waals surface area contributed by atoms with Crippen LogP contribution >= 0.6 is 0 Å². The Morgan fingerprint density at radius 1 is 1.22 bits per heavy atom. The molecule has 0 atom stereocenters. The highest BCUT2D eigenvalue weighted by Gasteiger charge is 2.10. The Bertz CT molecular complexity index is 361. The quantitative estimate of drug-likeness (QED) is 0.614. The van der Waals surface area contributed by atoms with Gasteiger partial charge in [-0.2, -0.15) is 0 Å². The molecule has 100 valence electrons. The number of methoxy groups -OCH3 is 1. The molecular weight excluding hydrogens is 238 g/mol. The number of aliphatic hydroxyl groups excluding tert-OH is 2. The summed E-state index contributed by atoms with van der Waals surface area (Å²) in [4.78, 5) is 11.4. The Hall–Kier alpha value is -1.79. The van der Waals surface area contributed by atoms with Crippen LogP contribution in [0.15, 0.2) is 24.3 Å². The molecule has 0 bridgehead atoms. The zero-order valence-electron chi connectivity index (χ0n) is 10.1.